The highest BCUT2D eigenvalue weighted by Crippen LogP contribution is 2.56. The average Bonchev–Trinajstić information content (AvgIpc) is 2.42. The van der Waals surface area contributed by atoms with E-state index in [-0.39, 0.29) is 15.3 Å². The molecule has 5 rings (SSSR count). The lowest BCUT2D eigenvalue weighted by atomic mass is 9.50. The molecule has 0 heterocycles. The van der Waals surface area contributed by atoms with Gasteiger partial charge in [-0.05, 0) is 74.6 Å². The molecule has 0 saturated heterocycles. The van der Waals surface area contributed by atoms with Crippen LogP contribution in [0, 0.1) is 11.8 Å². The van der Waals surface area contributed by atoms with Gasteiger partial charge in [-0.25, -0.2) is 21.6 Å². The molecule has 3 N–H and O–H groups in total. The van der Waals surface area contributed by atoms with Gasteiger partial charge in [0.15, 0.2) is 9.84 Å². The van der Waals surface area contributed by atoms with Crippen LogP contribution in [0.4, 0.5) is 0 Å². The van der Waals surface area contributed by atoms with Crippen molar-refractivity contribution < 1.29 is 16.8 Å². The van der Waals surface area contributed by atoms with Crippen molar-refractivity contribution in [1.29, 1.82) is 0 Å². The molecule has 4 fully saturated rings. The van der Waals surface area contributed by atoms with Crippen LogP contribution in [0.15, 0.2) is 34.1 Å². The number of sulfone groups is 1. The lowest BCUT2D eigenvalue weighted by molar-refractivity contribution is -0.0250. The molecule has 138 valence electrons. The molecule has 2 atom stereocenters. The first-order valence-electron chi connectivity index (χ1n) is 8.62. The Kier molecular flexibility index (Phi) is 3.69. The predicted molar refractivity (Wildman–Crippen MR) is 94.2 cm³/mol. The van der Waals surface area contributed by atoms with Gasteiger partial charge in [0.25, 0.3) is 0 Å². The van der Waals surface area contributed by atoms with Gasteiger partial charge in [-0.1, -0.05) is 0 Å². The molecule has 4 saturated carbocycles. The van der Waals surface area contributed by atoms with Crippen LogP contribution in [0.5, 0.6) is 0 Å². The topological polar surface area (TPSA) is 106 Å². The fourth-order valence-corrected chi connectivity index (χ4v) is 7.71. The van der Waals surface area contributed by atoms with Crippen LogP contribution in [0.25, 0.3) is 0 Å². The van der Waals surface area contributed by atoms with Crippen molar-refractivity contribution in [3.8, 4) is 0 Å². The molecule has 25 heavy (non-hydrogen) atoms. The molecule has 6 nitrogen and oxygen atoms in total. The van der Waals surface area contributed by atoms with Crippen molar-refractivity contribution in [2.75, 3.05) is 6.26 Å². The third-order valence-corrected chi connectivity index (χ3v) is 8.74. The Bertz CT molecular complexity index is 892. The normalized spacial score (nSPS) is 37.4. The van der Waals surface area contributed by atoms with Gasteiger partial charge in [-0.15, -0.1) is 0 Å². The quantitative estimate of drug-likeness (QED) is 0.816. The molecule has 4 bridgehead atoms. The number of hydrogen-bond donors (Lipinski definition) is 2. The van der Waals surface area contributed by atoms with Gasteiger partial charge in [-0.2, -0.15) is 0 Å². The molecule has 2 unspecified atom stereocenters. The predicted octanol–water partition coefficient (Wildman–Crippen LogP) is 1.42. The van der Waals surface area contributed by atoms with Crippen molar-refractivity contribution >= 4 is 19.9 Å². The van der Waals surface area contributed by atoms with E-state index < -0.39 is 25.4 Å². The van der Waals surface area contributed by atoms with E-state index in [0.717, 1.165) is 38.4 Å². The molecule has 0 radical (unpaired) electrons. The number of benzene rings is 1. The number of rotatable bonds is 4. The van der Waals surface area contributed by atoms with Crippen molar-refractivity contribution in [2.24, 2.45) is 17.6 Å². The van der Waals surface area contributed by atoms with E-state index in [1.165, 1.54) is 24.3 Å². The third kappa shape index (κ3) is 3.13. The summed E-state index contributed by atoms with van der Waals surface area (Å²) in [6.45, 7) is 0. The van der Waals surface area contributed by atoms with Gasteiger partial charge < -0.3 is 5.73 Å². The fourth-order valence-electron chi connectivity index (χ4n) is 5.66. The van der Waals surface area contributed by atoms with E-state index in [2.05, 4.69) is 4.72 Å². The Morgan fingerprint density at radius 2 is 1.48 bits per heavy atom. The SMILES string of the molecule is CS(=O)(=O)c1ccc(S(=O)(=O)NC23CC4CC(CC(N)(C4)C2)C3)cc1. The lowest BCUT2D eigenvalue weighted by Crippen LogP contribution is -2.68. The Labute approximate surface area is 149 Å². The molecule has 8 heteroatoms. The van der Waals surface area contributed by atoms with Gasteiger partial charge in [0.1, 0.15) is 0 Å². The molecule has 1 aromatic rings. The van der Waals surface area contributed by atoms with E-state index in [0.29, 0.717) is 18.3 Å². The second-order valence-electron chi connectivity index (χ2n) is 8.45. The van der Waals surface area contributed by atoms with Gasteiger partial charge in [-0.3, -0.25) is 0 Å². The molecule has 0 aliphatic heterocycles. The second kappa shape index (κ2) is 5.28. The van der Waals surface area contributed by atoms with Crippen molar-refractivity contribution in [2.45, 2.75) is 59.4 Å². The molecule has 4 aliphatic carbocycles. The van der Waals surface area contributed by atoms with Crippen LogP contribution in [0.1, 0.15) is 38.5 Å². The van der Waals surface area contributed by atoms with E-state index in [9.17, 15) is 16.8 Å². The van der Waals surface area contributed by atoms with Crippen LogP contribution >= 0.6 is 0 Å². The molecular weight excluding hydrogens is 360 g/mol. The Morgan fingerprint density at radius 3 is 1.96 bits per heavy atom. The average molecular weight is 385 g/mol. The molecule has 0 amide bonds. The highest BCUT2D eigenvalue weighted by molar-refractivity contribution is 7.90. The van der Waals surface area contributed by atoms with Crippen molar-refractivity contribution in [1.82, 2.24) is 4.72 Å². The summed E-state index contributed by atoms with van der Waals surface area (Å²) in [5, 5.41) is 0. The van der Waals surface area contributed by atoms with E-state index in [1.807, 2.05) is 0 Å². The maximum atomic E-state index is 12.9. The van der Waals surface area contributed by atoms with Crippen LogP contribution in [0.3, 0.4) is 0 Å². The fraction of sp³-hybridized carbons (Fsp3) is 0.647. The summed E-state index contributed by atoms with van der Waals surface area (Å²) in [6, 6.07) is 5.40. The molecule has 0 aromatic heterocycles. The zero-order valence-electron chi connectivity index (χ0n) is 14.2. The minimum absolute atomic E-state index is 0.0988. The summed E-state index contributed by atoms with van der Waals surface area (Å²) in [6.07, 6.45) is 6.64. The summed E-state index contributed by atoms with van der Waals surface area (Å²) in [5.41, 5.74) is 5.84. The number of sulfonamides is 1. The van der Waals surface area contributed by atoms with Gasteiger partial charge >= 0.3 is 0 Å². The maximum Gasteiger partial charge on any atom is 0.241 e. The third-order valence-electron chi connectivity index (χ3n) is 6.02. The van der Waals surface area contributed by atoms with Crippen LogP contribution in [-0.4, -0.2) is 34.2 Å². The molecule has 1 aromatic carbocycles. The van der Waals surface area contributed by atoms with Gasteiger partial charge in [0.2, 0.25) is 10.0 Å². The highest BCUT2D eigenvalue weighted by Gasteiger charge is 2.57. The Hall–Kier alpha value is -0.960. The zero-order chi connectivity index (χ0) is 18.1. The van der Waals surface area contributed by atoms with E-state index in [4.69, 9.17) is 5.73 Å². The number of nitrogens with one attached hydrogen (secondary N) is 1. The number of hydrogen-bond acceptors (Lipinski definition) is 5. The van der Waals surface area contributed by atoms with Gasteiger partial charge in [0, 0.05) is 17.3 Å². The van der Waals surface area contributed by atoms with Crippen LogP contribution in [-0.2, 0) is 19.9 Å². The summed E-state index contributed by atoms with van der Waals surface area (Å²) in [5.74, 6) is 1.00. The van der Waals surface area contributed by atoms with Gasteiger partial charge in [0.05, 0.1) is 9.79 Å². The first-order valence-corrected chi connectivity index (χ1v) is 12.0. The highest BCUT2D eigenvalue weighted by atomic mass is 32.2. The molecule has 4 aliphatic rings. The lowest BCUT2D eigenvalue weighted by Gasteiger charge is -2.60. The summed E-state index contributed by atoms with van der Waals surface area (Å²) in [4.78, 5) is 0.212. The second-order valence-corrected chi connectivity index (χ2v) is 12.2. The summed E-state index contributed by atoms with van der Waals surface area (Å²) in [7, 11) is -7.06. The van der Waals surface area contributed by atoms with Crippen LogP contribution in [0.2, 0.25) is 0 Å². The summed E-state index contributed by atoms with van der Waals surface area (Å²) >= 11 is 0. The minimum Gasteiger partial charge on any atom is -0.325 e. The zero-order valence-corrected chi connectivity index (χ0v) is 15.9. The molecular formula is C17H24N2O4S2. The first kappa shape index (κ1) is 17.5. The van der Waals surface area contributed by atoms with Crippen LogP contribution < -0.4 is 10.5 Å². The van der Waals surface area contributed by atoms with E-state index >= 15 is 0 Å². The maximum absolute atomic E-state index is 12.9. The minimum atomic E-state index is -3.71. The number of nitrogens with two attached hydrogens (primary N) is 1. The first-order chi connectivity index (χ1) is 11.5. The van der Waals surface area contributed by atoms with Crippen molar-refractivity contribution in [3.05, 3.63) is 24.3 Å². The largest absolute Gasteiger partial charge is 0.325 e. The van der Waals surface area contributed by atoms with Crippen molar-refractivity contribution in [3.63, 3.8) is 0 Å². The Morgan fingerprint density at radius 1 is 0.960 bits per heavy atom. The smallest absolute Gasteiger partial charge is 0.241 e. The standard InChI is InChI=1S/C17H24N2O4S2/c1-24(20,21)14-2-4-15(5-3-14)25(22,23)19-17-9-12-6-13(10-17)8-16(18,7-12)11-17/h2-5,12-13,19H,6-11,18H2,1H3. The monoisotopic (exact) mass is 384 g/mol. The molecule has 0 spiro atoms. The van der Waals surface area contributed by atoms with E-state index in [1.54, 1.807) is 0 Å². The summed E-state index contributed by atoms with van der Waals surface area (Å²) < 4.78 is 51.8. The Balaban J connectivity index is 1.62.